The van der Waals surface area contributed by atoms with Crippen LogP contribution in [0.5, 0.6) is 5.75 Å². The van der Waals surface area contributed by atoms with Gasteiger partial charge < -0.3 is 14.8 Å². The lowest BCUT2D eigenvalue weighted by molar-refractivity contribution is 0.112. The fourth-order valence-corrected chi connectivity index (χ4v) is 0.764. The van der Waals surface area contributed by atoms with E-state index in [-0.39, 0.29) is 7.69 Å². The smallest absolute Gasteiger partial charge is 0.482 e. The molecule has 0 heterocycles. The first kappa shape index (κ1) is 11.7. The summed E-state index contributed by atoms with van der Waals surface area (Å²) in [6.45, 7) is 0. The van der Waals surface area contributed by atoms with Crippen molar-refractivity contribution in [1.29, 1.82) is 0 Å². The first-order valence-corrected chi connectivity index (χ1v) is 3.48. The van der Waals surface area contributed by atoms with Crippen molar-refractivity contribution >= 4 is 14.0 Å². The van der Waals surface area contributed by atoms with Gasteiger partial charge in [-0.1, -0.05) is 12.1 Å². The molecule has 5 heteroatoms. The van der Waals surface area contributed by atoms with Gasteiger partial charge in [-0.2, -0.15) is 0 Å². The minimum absolute atomic E-state index is 0. The number of carbonyl (C=O) groups excluding carboxylic acids is 1. The van der Waals surface area contributed by atoms with Crippen molar-refractivity contribution in [2.75, 3.05) is 7.11 Å². The maximum absolute atomic E-state index is 10.3. The fraction of sp³-hybridized carbons (Fsp3) is 0.125. The zero-order valence-corrected chi connectivity index (χ0v) is 7.18. The second-order valence-corrected chi connectivity index (χ2v) is 1.98. The normalized spacial score (nSPS) is 7.92. The average molecular weight is 181 g/mol. The first-order chi connectivity index (χ1) is 6.29. The topological polar surface area (TPSA) is 66.8 Å². The Morgan fingerprint density at radius 2 is 1.92 bits per heavy atom. The van der Waals surface area contributed by atoms with Gasteiger partial charge in [0.15, 0.2) is 6.29 Å². The Balaban J connectivity index is 0.000000424. The maximum atomic E-state index is 10.3. The molecule has 69 valence electrons. The predicted octanol–water partition coefficient (Wildman–Crippen LogP) is 0.0129. The number of carbonyl (C=O) groups is 1. The van der Waals surface area contributed by atoms with Crippen molar-refractivity contribution in [3.05, 3.63) is 29.8 Å². The molecule has 4 nitrogen and oxygen atoms in total. The molecule has 0 bridgehead atoms. The summed E-state index contributed by atoms with van der Waals surface area (Å²) in [7, 11) is 1.54. The van der Waals surface area contributed by atoms with Gasteiger partial charge in [-0.25, -0.2) is 0 Å². The van der Waals surface area contributed by atoms with E-state index >= 15 is 0 Å². The van der Waals surface area contributed by atoms with Crippen molar-refractivity contribution in [2.24, 2.45) is 0 Å². The van der Waals surface area contributed by atoms with Crippen molar-refractivity contribution in [2.45, 2.75) is 0 Å². The van der Waals surface area contributed by atoms with E-state index in [1.54, 1.807) is 25.3 Å². The van der Waals surface area contributed by atoms with E-state index in [9.17, 15) is 4.79 Å². The van der Waals surface area contributed by atoms with E-state index in [1.165, 1.54) is 0 Å². The third kappa shape index (κ3) is 4.30. The van der Waals surface area contributed by atoms with Gasteiger partial charge in [0.25, 0.3) is 0 Å². The highest BCUT2D eigenvalue weighted by atomic mass is 16.5. The SMILES string of the molecule is COc1ccccc1C=O.O[B]O. The molecular formula is C8H10BO4. The molecule has 0 atom stereocenters. The van der Waals surface area contributed by atoms with Gasteiger partial charge in [0.2, 0.25) is 0 Å². The molecule has 0 spiro atoms. The number of benzene rings is 1. The highest BCUT2D eigenvalue weighted by Crippen LogP contribution is 2.13. The van der Waals surface area contributed by atoms with Crippen LogP contribution in [-0.4, -0.2) is 31.1 Å². The van der Waals surface area contributed by atoms with Crippen molar-refractivity contribution in [3.8, 4) is 5.75 Å². The molecule has 0 aromatic heterocycles. The Labute approximate surface area is 77.1 Å². The molecule has 1 aromatic rings. The molecule has 0 fully saturated rings. The van der Waals surface area contributed by atoms with E-state index in [1.807, 2.05) is 6.07 Å². The first-order valence-electron chi connectivity index (χ1n) is 3.48. The van der Waals surface area contributed by atoms with Crippen LogP contribution in [0.4, 0.5) is 0 Å². The van der Waals surface area contributed by atoms with E-state index in [2.05, 4.69) is 0 Å². The lowest BCUT2D eigenvalue weighted by Crippen LogP contribution is -1.88. The van der Waals surface area contributed by atoms with Gasteiger partial charge in [0.1, 0.15) is 5.75 Å². The highest BCUT2D eigenvalue weighted by Gasteiger charge is 1.96. The minimum atomic E-state index is 0. The molecule has 1 radical (unpaired) electrons. The molecule has 0 aliphatic heterocycles. The number of hydrogen-bond donors (Lipinski definition) is 2. The molecule has 0 unspecified atom stereocenters. The second-order valence-electron chi connectivity index (χ2n) is 1.98. The maximum Gasteiger partial charge on any atom is 0.482 e. The van der Waals surface area contributed by atoms with Gasteiger partial charge in [-0.3, -0.25) is 4.79 Å². The third-order valence-corrected chi connectivity index (χ3v) is 1.27. The van der Waals surface area contributed by atoms with Crippen molar-refractivity contribution in [3.63, 3.8) is 0 Å². The van der Waals surface area contributed by atoms with Crippen LogP contribution in [0.15, 0.2) is 24.3 Å². The standard InChI is InChI=1S/C8H8O2.BH2O2/c1-10-8-5-3-2-4-7(8)6-9;2-1-3/h2-6H,1H3;2-3H. The Morgan fingerprint density at radius 1 is 1.38 bits per heavy atom. The predicted molar refractivity (Wildman–Crippen MR) is 48.6 cm³/mol. The van der Waals surface area contributed by atoms with Crippen LogP contribution in [0.25, 0.3) is 0 Å². The molecule has 0 aliphatic rings. The van der Waals surface area contributed by atoms with Gasteiger partial charge >= 0.3 is 7.69 Å². The van der Waals surface area contributed by atoms with Crippen LogP contribution in [0.3, 0.4) is 0 Å². The second kappa shape index (κ2) is 7.33. The van der Waals surface area contributed by atoms with E-state index < -0.39 is 0 Å². The third-order valence-electron chi connectivity index (χ3n) is 1.27. The number of hydrogen-bond acceptors (Lipinski definition) is 4. The van der Waals surface area contributed by atoms with Crippen LogP contribution in [0, 0.1) is 0 Å². The molecule has 13 heavy (non-hydrogen) atoms. The molecule has 0 amide bonds. The van der Waals surface area contributed by atoms with Gasteiger partial charge in [0.05, 0.1) is 12.7 Å². The largest absolute Gasteiger partial charge is 0.496 e. The fourth-order valence-electron chi connectivity index (χ4n) is 0.764. The van der Waals surface area contributed by atoms with Gasteiger partial charge in [-0.05, 0) is 12.1 Å². The van der Waals surface area contributed by atoms with Crippen LogP contribution >= 0.6 is 0 Å². The molecule has 0 saturated carbocycles. The van der Waals surface area contributed by atoms with E-state index in [0.717, 1.165) is 6.29 Å². The molecule has 1 aromatic carbocycles. The summed E-state index contributed by atoms with van der Waals surface area (Å²) in [4.78, 5) is 10.3. The Morgan fingerprint density at radius 3 is 2.31 bits per heavy atom. The van der Waals surface area contributed by atoms with Crippen LogP contribution in [0.2, 0.25) is 0 Å². The van der Waals surface area contributed by atoms with Crippen LogP contribution in [0.1, 0.15) is 10.4 Å². The molecule has 0 saturated heterocycles. The van der Waals surface area contributed by atoms with Gasteiger partial charge in [-0.15, -0.1) is 0 Å². The Kier molecular flexibility index (Phi) is 6.58. The van der Waals surface area contributed by atoms with Crippen molar-refractivity contribution in [1.82, 2.24) is 0 Å². The molecule has 0 aliphatic carbocycles. The number of methoxy groups -OCH3 is 1. The van der Waals surface area contributed by atoms with Gasteiger partial charge in [0, 0.05) is 0 Å². The van der Waals surface area contributed by atoms with Crippen molar-refractivity contribution < 1.29 is 19.6 Å². The summed E-state index contributed by atoms with van der Waals surface area (Å²) in [5, 5.41) is 14.0. The highest BCUT2D eigenvalue weighted by molar-refractivity contribution is 6.13. The molecular weight excluding hydrogens is 171 g/mol. The number of aldehydes is 1. The number of para-hydroxylation sites is 1. The number of rotatable bonds is 2. The molecule has 1 rings (SSSR count). The van der Waals surface area contributed by atoms with Crippen LogP contribution in [-0.2, 0) is 0 Å². The summed E-state index contributed by atoms with van der Waals surface area (Å²) in [5.74, 6) is 0.623. The summed E-state index contributed by atoms with van der Waals surface area (Å²) in [5.41, 5.74) is 0.588. The Bertz CT molecular complexity index is 252. The monoisotopic (exact) mass is 181 g/mol. The zero-order chi connectivity index (χ0) is 10.1. The summed E-state index contributed by atoms with van der Waals surface area (Å²) < 4.78 is 4.90. The Hall–Kier alpha value is -1.33. The van der Waals surface area contributed by atoms with E-state index in [0.29, 0.717) is 11.3 Å². The lowest BCUT2D eigenvalue weighted by Gasteiger charge is -1.99. The number of ether oxygens (including phenoxy) is 1. The zero-order valence-electron chi connectivity index (χ0n) is 7.18. The summed E-state index contributed by atoms with van der Waals surface area (Å²) >= 11 is 0. The van der Waals surface area contributed by atoms with E-state index in [4.69, 9.17) is 14.8 Å². The van der Waals surface area contributed by atoms with Crippen LogP contribution < -0.4 is 4.74 Å². The lowest BCUT2D eigenvalue weighted by atomic mass is 10.2. The quantitative estimate of drug-likeness (QED) is 0.498. The summed E-state index contributed by atoms with van der Waals surface area (Å²) in [6, 6.07) is 7.09. The minimum Gasteiger partial charge on any atom is -0.496 e. The molecule has 2 N–H and O–H groups in total. The average Bonchev–Trinajstić information content (AvgIpc) is 2.19. The summed E-state index contributed by atoms with van der Waals surface area (Å²) in [6.07, 6.45) is 0.777.